The van der Waals surface area contributed by atoms with Crippen LogP contribution >= 0.6 is 12.4 Å². The normalized spacial score (nSPS) is 20.9. The van der Waals surface area contributed by atoms with Crippen molar-refractivity contribution in [3.63, 3.8) is 0 Å². The Labute approximate surface area is 137 Å². The van der Waals surface area contributed by atoms with Crippen molar-refractivity contribution in [3.8, 4) is 0 Å². The number of nitrogens with zero attached hydrogens (tertiary/aromatic N) is 1. The van der Waals surface area contributed by atoms with Gasteiger partial charge in [0.25, 0.3) is 5.91 Å². The predicted molar refractivity (Wildman–Crippen MR) is 89.0 cm³/mol. The molecule has 2 unspecified atom stereocenters. The standard InChI is InChI=1S/C16H23N3O2.ClH/c1-12-7-8-19(14(9-12)10-17)15(20)11-18-16(21)13-5-3-2-4-6-13;/h2-6,12,14H,7-11,17H2,1H3,(H,18,21);1H. The van der Waals surface area contributed by atoms with Crippen molar-refractivity contribution >= 4 is 24.2 Å². The van der Waals surface area contributed by atoms with Gasteiger partial charge in [-0.05, 0) is 30.9 Å². The first-order valence-corrected chi connectivity index (χ1v) is 7.44. The summed E-state index contributed by atoms with van der Waals surface area (Å²) >= 11 is 0. The van der Waals surface area contributed by atoms with E-state index in [1.807, 2.05) is 11.0 Å². The summed E-state index contributed by atoms with van der Waals surface area (Å²) in [4.78, 5) is 26.0. The van der Waals surface area contributed by atoms with Gasteiger partial charge in [0.2, 0.25) is 5.91 Å². The van der Waals surface area contributed by atoms with E-state index in [4.69, 9.17) is 5.73 Å². The molecule has 0 bridgehead atoms. The van der Waals surface area contributed by atoms with Crippen LogP contribution in [0.15, 0.2) is 30.3 Å². The molecule has 1 aromatic rings. The second-order valence-corrected chi connectivity index (χ2v) is 5.65. The number of nitrogens with two attached hydrogens (primary N) is 1. The zero-order valence-corrected chi connectivity index (χ0v) is 13.6. The SMILES string of the molecule is CC1CCN(C(=O)CNC(=O)c2ccccc2)C(CN)C1.Cl. The number of hydrogen-bond donors (Lipinski definition) is 2. The fourth-order valence-electron chi connectivity index (χ4n) is 2.75. The summed E-state index contributed by atoms with van der Waals surface area (Å²) in [5.74, 6) is 0.321. The lowest BCUT2D eigenvalue weighted by Gasteiger charge is -2.38. The molecule has 0 aromatic heterocycles. The first kappa shape index (κ1) is 18.5. The average molecular weight is 326 g/mol. The lowest BCUT2D eigenvalue weighted by molar-refractivity contribution is -0.134. The lowest BCUT2D eigenvalue weighted by atomic mass is 9.92. The fourth-order valence-corrected chi connectivity index (χ4v) is 2.75. The molecule has 22 heavy (non-hydrogen) atoms. The van der Waals surface area contributed by atoms with Crippen molar-refractivity contribution in [2.24, 2.45) is 11.7 Å². The van der Waals surface area contributed by atoms with Crippen molar-refractivity contribution in [1.82, 2.24) is 10.2 Å². The monoisotopic (exact) mass is 325 g/mol. The molecule has 0 aliphatic carbocycles. The van der Waals surface area contributed by atoms with Crippen molar-refractivity contribution in [3.05, 3.63) is 35.9 Å². The van der Waals surface area contributed by atoms with Gasteiger partial charge in [0.15, 0.2) is 0 Å². The molecule has 0 saturated carbocycles. The van der Waals surface area contributed by atoms with E-state index in [9.17, 15) is 9.59 Å². The van der Waals surface area contributed by atoms with Gasteiger partial charge < -0.3 is 16.0 Å². The largest absolute Gasteiger partial charge is 0.343 e. The van der Waals surface area contributed by atoms with E-state index in [1.54, 1.807) is 24.3 Å². The van der Waals surface area contributed by atoms with Crippen LogP contribution < -0.4 is 11.1 Å². The van der Waals surface area contributed by atoms with E-state index >= 15 is 0 Å². The molecular formula is C16H24ClN3O2. The number of carbonyl (C=O) groups is 2. The molecule has 6 heteroatoms. The summed E-state index contributed by atoms with van der Waals surface area (Å²) in [6.07, 6.45) is 1.93. The van der Waals surface area contributed by atoms with Gasteiger partial charge in [-0.25, -0.2) is 0 Å². The zero-order chi connectivity index (χ0) is 15.2. The van der Waals surface area contributed by atoms with E-state index in [0.717, 1.165) is 19.4 Å². The van der Waals surface area contributed by atoms with E-state index in [2.05, 4.69) is 12.2 Å². The summed E-state index contributed by atoms with van der Waals surface area (Å²) in [7, 11) is 0. The first-order valence-electron chi connectivity index (χ1n) is 7.44. The number of likely N-dealkylation sites (tertiary alicyclic amines) is 1. The van der Waals surface area contributed by atoms with Crippen molar-refractivity contribution in [2.45, 2.75) is 25.8 Å². The number of carbonyl (C=O) groups excluding carboxylic acids is 2. The summed E-state index contributed by atoms with van der Waals surface area (Å²) in [5, 5.41) is 2.68. The Balaban J connectivity index is 0.00000242. The van der Waals surface area contributed by atoms with E-state index in [-0.39, 0.29) is 36.8 Å². The molecular weight excluding hydrogens is 302 g/mol. The number of piperidine rings is 1. The minimum atomic E-state index is -0.223. The molecule has 0 radical (unpaired) electrons. The molecule has 122 valence electrons. The Bertz CT molecular complexity index is 495. The molecule has 1 heterocycles. The molecule has 0 spiro atoms. The third kappa shape index (κ3) is 4.71. The lowest BCUT2D eigenvalue weighted by Crippen LogP contribution is -2.52. The maximum Gasteiger partial charge on any atom is 0.251 e. The molecule has 2 rings (SSSR count). The van der Waals surface area contributed by atoms with Gasteiger partial charge in [-0.15, -0.1) is 12.4 Å². The van der Waals surface area contributed by atoms with Crippen LogP contribution in [-0.2, 0) is 4.79 Å². The summed E-state index contributed by atoms with van der Waals surface area (Å²) in [6, 6.07) is 8.99. The Kier molecular flexibility index (Phi) is 7.35. The zero-order valence-electron chi connectivity index (χ0n) is 12.8. The average Bonchev–Trinajstić information content (AvgIpc) is 2.52. The number of halogens is 1. The van der Waals surface area contributed by atoms with Gasteiger partial charge in [-0.2, -0.15) is 0 Å². The quantitative estimate of drug-likeness (QED) is 0.879. The number of benzene rings is 1. The molecule has 1 aromatic carbocycles. The summed E-state index contributed by atoms with van der Waals surface area (Å²) in [5.41, 5.74) is 6.32. The highest BCUT2D eigenvalue weighted by Crippen LogP contribution is 2.21. The second-order valence-electron chi connectivity index (χ2n) is 5.65. The maximum atomic E-state index is 12.3. The van der Waals surface area contributed by atoms with Gasteiger partial charge in [0.05, 0.1) is 6.54 Å². The molecule has 1 saturated heterocycles. The highest BCUT2D eigenvalue weighted by Gasteiger charge is 2.28. The second kappa shape index (κ2) is 8.76. The minimum absolute atomic E-state index is 0. The summed E-state index contributed by atoms with van der Waals surface area (Å²) in [6.45, 7) is 3.41. The third-order valence-corrected chi connectivity index (χ3v) is 4.01. The first-order chi connectivity index (χ1) is 10.1. The molecule has 1 aliphatic heterocycles. The maximum absolute atomic E-state index is 12.3. The Morgan fingerprint density at radius 2 is 2.00 bits per heavy atom. The fraction of sp³-hybridized carbons (Fsp3) is 0.500. The van der Waals surface area contributed by atoms with Crippen LogP contribution in [0.25, 0.3) is 0 Å². The molecule has 3 N–H and O–H groups in total. The van der Waals surface area contributed by atoms with Crippen LogP contribution in [0.5, 0.6) is 0 Å². The van der Waals surface area contributed by atoms with E-state index < -0.39 is 0 Å². The van der Waals surface area contributed by atoms with Crippen LogP contribution in [0.2, 0.25) is 0 Å². The van der Waals surface area contributed by atoms with Crippen LogP contribution in [0.4, 0.5) is 0 Å². The predicted octanol–water partition coefficient (Wildman–Crippen LogP) is 1.42. The molecule has 1 fully saturated rings. The van der Waals surface area contributed by atoms with Gasteiger partial charge in [-0.3, -0.25) is 9.59 Å². The molecule has 2 atom stereocenters. The Hall–Kier alpha value is -1.59. The van der Waals surface area contributed by atoms with Crippen molar-refractivity contribution < 1.29 is 9.59 Å². The summed E-state index contributed by atoms with van der Waals surface area (Å²) < 4.78 is 0. The van der Waals surface area contributed by atoms with Gasteiger partial charge >= 0.3 is 0 Å². The smallest absolute Gasteiger partial charge is 0.251 e. The molecule has 1 aliphatic rings. The Morgan fingerprint density at radius 1 is 1.32 bits per heavy atom. The minimum Gasteiger partial charge on any atom is -0.343 e. The van der Waals surface area contributed by atoms with Gasteiger partial charge in [0, 0.05) is 24.7 Å². The Morgan fingerprint density at radius 3 is 2.64 bits per heavy atom. The van der Waals surface area contributed by atoms with Crippen molar-refractivity contribution in [2.75, 3.05) is 19.6 Å². The van der Waals surface area contributed by atoms with Crippen molar-refractivity contribution in [1.29, 1.82) is 0 Å². The third-order valence-electron chi connectivity index (χ3n) is 4.01. The topological polar surface area (TPSA) is 75.4 Å². The van der Waals surface area contributed by atoms with E-state index in [1.165, 1.54) is 0 Å². The number of amides is 2. The number of rotatable bonds is 4. The van der Waals surface area contributed by atoms with Crippen LogP contribution in [0.1, 0.15) is 30.1 Å². The number of nitrogens with one attached hydrogen (secondary N) is 1. The van der Waals surface area contributed by atoms with Crippen LogP contribution in [-0.4, -0.2) is 42.4 Å². The van der Waals surface area contributed by atoms with Crippen LogP contribution in [0, 0.1) is 5.92 Å². The van der Waals surface area contributed by atoms with Gasteiger partial charge in [0.1, 0.15) is 0 Å². The molecule has 5 nitrogen and oxygen atoms in total. The molecule has 2 amide bonds. The highest BCUT2D eigenvalue weighted by molar-refractivity contribution is 5.96. The highest BCUT2D eigenvalue weighted by atomic mass is 35.5. The van der Waals surface area contributed by atoms with Gasteiger partial charge in [-0.1, -0.05) is 25.1 Å². The van der Waals surface area contributed by atoms with E-state index in [0.29, 0.717) is 18.0 Å². The number of hydrogen-bond acceptors (Lipinski definition) is 3. The van der Waals surface area contributed by atoms with Crippen LogP contribution in [0.3, 0.4) is 0 Å².